The summed E-state index contributed by atoms with van der Waals surface area (Å²) in [6, 6.07) is 10.5. The van der Waals surface area contributed by atoms with Crippen molar-refractivity contribution in [2.45, 2.75) is 25.3 Å². The van der Waals surface area contributed by atoms with Crippen LogP contribution in [0, 0.1) is 18.3 Å². The Morgan fingerprint density at radius 3 is 2.75 bits per heavy atom. The molecule has 1 aliphatic rings. The molecule has 0 bridgehead atoms. The minimum atomic E-state index is -0.452. The van der Waals surface area contributed by atoms with E-state index in [9.17, 15) is 5.26 Å². The lowest BCUT2D eigenvalue weighted by atomic mass is 9.91. The third-order valence-corrected chi connectivity index (χ3v) is 2.96. The van der Waals surface area contributed by atoms with Crippen LogP contribution in [0.2, 0.25) is 0 Å². The highest BCUT2D eigenvalue weighted by Crippen LogP contribution is 2.25. The molecule has 0 radical (unpaired) electrons. The van der Waals surface area contributed by atoms with Crippen LogP contribution in [0.5, 0.6) is 0 Å². The van der Waals surface area contributed by atoms with Crippen molar-refractivity contribution >= 4 is 5.69 Å². The standard InChI is InChI=1S/C13H16N2O/c1-11-3-2-4-12(9-11)15-13(10-14)5-7-16-8-6-13/h2-4,9,15H,5-8H2,1H3. The molecule has 0 unspecified atom stereocenters. The predicted octanol–water partition coefficient (Wildman–Crippen LogP) is 2.48. The molecule has 0 aliphatic carbocycles. The first kappa shape index (κ1) is 11.0. The van der Waals surface area contributed by atoms with E-state index in [1.165, 1.54) is 5.56 Å². The number of nitriles is 1. The first-order valence-corrected chi connectivity index (χ1v) is 5.58. The molecule has 3 nitrogen and oxygen atoms in total. The maximum absolute atomic E-state index is 9.30. The Kier molecular flexibility index (Phi) is 3.12. The van der Waals surface area contributed by atoms with Crippen molar-refractivity contribution in [3.05, 3.63) is 29.8 Å². The van der Waals surface area contributed by atoms with E-state index in [1.54, 1.807) is 0 Å². The van der Waals surface area contributed by atoms with Gasteiger partial charge in [0.2, 0.25) is 0 Å². The van der Waals surface area contributed by atoms with Crippen molar-refractivity contribution in [2.75, 3.05) is 18.5 Å². The van der Waals surface area contributed by atoms with Crippen molar-refractivity contribution in [3.8, 4) is 6.07 Å². The molecule has 1 heterocycles. The molecule has 0 atom stereocenters. The van der Waals surface area contributed by atoms with Gasteiger partial charge in [-0.25, -0.2) is 0 Å². The molecule has 1 N–H and O–H groups in total. The molecule has 3 heteroatoms. The summed E-state index contributed by atoms with van der Waals surface area (Å²) in [5, 5.41) is 12.6. The van der Waals surface area contributed by atoms with Gasteiger partial charge >= 0.3 is 0 Å². The van der Waals surface area contributed by atoms with E-state index in [0.717, 1.165) is 18.5 Å². The Morgan fingerprint density at radius 1 is 1.38 bits per heavy atom. The Balaban J connectivity index is 2.15. The lowest BCUT2D eigenvalue weighted by Gasteiger charge is -2.32. The number of ether oxygens (including phenoxy) is 1. The van der Waals surface area contributed by atoms with Crippen LogP contribution in [0.4, 0.5) is 5.69 Å². The van der Waals surface area contributed by atoms with Gasteiger partial charge < -0.3 is 10.1 Å². The molecule has 16 heavy (non-hydrogen) atoms. The monoisotopic (exact) mass is 216 g/mol. The molecule has 0 saturated carbocycles. The predicted molar refractivity (Wildman–Crippen MR) is 63.2 cm³/mol. The summed E-state index contributed by atoms with van der Waals surface area (Å²) in [5.41, 5.74) is 1.76. The van der Waals surface area contributed by atoms with Crippen LogP contribution in [-0.4, -0.2) is 18.8 Å². The van der Waals surface area contributed by atoms with Gasteiger partial charge in [-0.15, -0.1) is 0 Å². The molecule has 2 rings (SSSR count). The van der Waals surface area contributed by atoms with Crippen molar-refractivity contribution in [3.63, 3.8) is 0 Å². The molecule has 84 valence electrons. The van der Waals surface area contributed by atoms with Crippen LogP contribution < -0.4 is 5.32 Å². The van der Waals surface area contributed by atoms with Gasteiger partial charge in [-0.1, -0.05) is 12.1 Å². The quantitative estimate of drug-likeness (QED) is 0.826. The number of rotatable bonds is 2. The minimum absolute atomic E-state index is 0.452. The smallest absolute Gasteiger partial charge is 0.129 e. The Morgan fingerprint density at radius 2 is 2.12 bits per heavy atom. The Bertz CT molecular complexity index is 403. The van der Waals surface area contributed by atoms with Gasteiger partial charge in [0.15, 0.2) is 0 Å². The summed E-state index contributed by atoms with van der Waals surface area (Å²) < 4.78 is 5.30. The normalized spacial score (nSPS) is 18.8. The second-order valence-corrected chi connectivity index (χ2v) is 4.30. The average molecular weight is 216 g/mol. The van der Waals surface area contributed by atoms with Crippen LogP contribution in [0.3, 0.4) is 0 Å². The number of hydrogen-bond donors (Lipinski definition) is 1. The molecule has 1 fully saturated rings. The molecule has 0 spiro atoms. The van der Waals surface area contributed by atoms with Gasteiger partial charge in [-0.3, -0.25) is 0 Å². The number of nitrogens with zero attached hydrogens (tertiary/aromatic N) is 1. The highest BCUT2D eigenvalue weighted by atomic mass is 16.5. The third kappa shape index (κ3) is 2.34. The largest absolute Gasteiger partial charge is 0.381 e. The van der Waals surface area contributed by atoms with Crippen LogP contribution in [-0.2, 0) is 4.74 Å². The molecular weight excluding hydrogens is 200 g/mol. The van der Waals surface area contributed by atoms with E-state index in [4.69, 9.17) is 4.74 Å². The zero-order chi connectivity index (χ0) is 11.4. The summed E-state index contributed by atoms with van der Waals surface area (Å²) >= 11 is 0. The molecule has 1 saturated heterocycles. The maximum atomic E-state index is 9.30. The van der Waals surface area contributed by atoms with Gasteiger partial charge in [0.25, 0.3) is 0 Å². The number of hydrogen-bond acceptors (Lipinski definition) is 3. The SMILES string of the molecule is Cc1cccc(NC2(C#N)CCOCC2)c1. The lowest BCUT2D eigenvalue weighted by molar-refractivity contribution is 0.0753. The molecule has 1 aliphatic heterocycles. The van der Waals surface area contributed by atoms with Gasteiger partial charge in [-0.05, 0) is 24.6 Å². The number of aryl methyl sites for hydroxylation is 1. The fourth-order valence-corrected chi connectivity index (χ4v) is 1.98. The van der Waals surface area contributed by atoms with E-state index in [-0.39, 0.29) is 0 Å². The van der Waals surface area contributed by atoms with E-state index in [1.807, 2.05) is 25.1 Å². The van der Waals surface area contributed by atoms with E-state index < -0.39 is 5.54 Å². The van der Waals surface area contributed by atoms with Crippen LogP contribution in [0.25, 0.3) is 0 Å². The second kappa shape index (κ2) is 4.54. The van der Waals surface area contributed by atoms with E-state index >= 15 is 0 Å². The molecule has 0 amide bonds. The summed E-state index contributed by atoms with van der Waals surface area (Å²) in [5.74, 6) is 0. The second-order valence-electron chi connectivity index (χ2n) is 4.30. The highest BCUT2D eigenvalue weighted by Gasteiger charge is 2.32. The van der Waals surface area contributed by atoms with Crippen LogP contribution >= 0.6 is 0 Å². The molecule has 1 aromatic rings. The number of benzene rings is 1. The van der Waals surface area contributed by atoms with E-state index in [2.05, 4.69) is 17.5 Å². The average Bonchev–Trinajstić information content (AvgIpc) is 2.30. The lowest BCUT2D eigenvalue weighted by Crippen LogP contribution is -2.42. The third-order valence-electron chi connectivity index (χ3n) is 2.96. The minimum Gasteiger partial charge on any atom is -0.381 e. The summed E-state index contributed by atoms with van der Waals surface area (Å²) in [7, 11) is 0. The molecule has 0 aromatic heterocycles. The van der Waals surface area contributed by atoms with Crippen LogP contribution in [0.1, 0.15) is 18.4 Å². The van der Waals surface area contributed by atoms with Crippen molar-refractivity contribution < 1.29 is 4.74 Å². The zero-order valence-corrected chi connectivity index (χ0v) is 9.49. The fraction of sp³-hybridized carbons (Fsp3) is 0.462. The summed E-state index contributed by atoms with van der Waals surface area (Å²) in [4.78, 5) is 0. The van der Waals surface area contributed by atoms with E-state index in [0.29, 0.717) is 13.2 Å². The highest BCUT2D eigenvalue weighted by molar-refractivity contribution is 5.49. The first-order chi connectivity index (χ1) is 7.74. The Hall–Kier alpha value is -1.53. The van der Waals surface area contributed by atoms with Gasteiger partial charge in [-0.2, -0.15) is 5.26 Å². The number of nitrogens with one attached hydrogen (secondary N) is 1. The maximum Gasteiger partial charge on any atom is 0.129 e. The van der Waals surface area contributed by atoms with Crippen LogP contribution in [0.15, 0.2) is 24.3 Å². The topological polar surface area (TPSA) is 45.0 Å². The van der Waals surface area contributed by atoms with Gasteiger partial charge in [0, 0.05) is 31.7 Å². The van der Waals surface area contributed by atoms with Gasteiger partial charge in [0.1, 0.15) is 5.54 Å². The molecular formula is C13H16N2O. The molecule has 1 aromatic carbocycles. The first-order valence-electron chi connectivity index (χ1n) is 5.58. The van der Waals surface area contributed by atoms with Crippen molar-refractivity contribution in [2.24, 2.45) is 0 Å². The fourth-order valence-electron chi connectivity index (χ4n) is 1.98. The zero-order valence-electron chi connectivity index (χ0n) is 9.49. The van der Waals surface area contributed by atoms with Crippen molar-refractivity contribution in [1.29, 1.82) is 5.26 Å². The van der Waals surface area contributed by atoms with Crippen molar-refractivity contribution in [1.82, 2.24) is 0 Å². The summed E-state index contributed by atoms with van der Waals surface area (Å²) in [6.45, 7) is 3.37. The summed E-state index contributed by atoms with van der Waals surface area (Å²) in [6.07, 6.45) is 1.49. The number of anilines is 1. The van der Waals surface area contributed by atoms with Gasteiger partial charge in [0.05, 0.1) is 6.07 Å². The Labute approximate surface area is 96.0 Å².